The van der Waals surface area contributed by atoms with Gasteiger partial charge in [0.15, 0.2) is 0 Å². The first-order chi connectivity index (χ1) is 3.80. The van der Waals surface area contributed by atoms with Crippen molar-refractivity contribution >= 4 is 13.2 Å². The zero-order valence-electron chi connectivity index (χ0n) is 4.59. The second-order valence-corrected chi connectivity index (χ2v) is 1.61. The van der Waals surface area contributed by atoms with E-state index in [9.17, 15) is 0 Å². The third-order valence-corrected chi connectivity index (χ3v) is 0.985. The highest BCUT2D eigenvalue weighted by atomic mass is 14.6. The first-order valence-electron chi connectivity index (χ1n) is 2.39. The van der Waals surface area contributed by atoms with Crippen LogP contribution in [0.4, 0.5) is 0 Å². The first kappa shape index (κ1) is 5.04. The van der Waals surface area contributed by atoms with E-state index in [-0.39, 0.29) is 0 Å². The van der Waals surface area contributed by atoms with Gasteiger partial charge in [-0.2, -0.15) is 0 Å². The molecule has 1 heterocycles. The zero-order chi connectivity index (χ0) is 5.98. The van der Waals surface area contributed by atoms with Crippen molar-refractivity contribution in [3.8, 4) is 0 Å². The molecule has 1 aromatic rings. The standard InChI is InChI=1S/C7H7N/c1-6-4-3-5-8-7(6)2/h3-5H,1-2H2. The lowest BCUT2D eigenvalue weighted by atomic mass is 10.4. The topological polar surface area (TPSA) is 12.9 Å². The van der Waals surface area contributed by atoms with E-state index in [0.717, 1.165) is 10.6 Å². The number of pyridine rings is 1. The average Bonchev–Trinajstić information content (AvgIpc) is 1.77. The van der Waals surface area contributed by atoms with Gasteiger partial charge < -0.3 is 0 Å². The van der Waals surface area contributed by atoms with Crippen LogP contribution < -0.4 is 10.6 Å². The smallest absolute Gasteiger partial charge is 0.0624 e. The van der Waals surface area contributed by atoms with E-state index >= 15 is 0 Å². The largest absolute Gasteiger partial charge is 0.257 e. The zero-order valence-corrected chi connectivity index (χ0v) is 4.59. The molecule has 1 rings (SSSR count). The van der Waals surface area contributed by atoms with Crippen molar-refractivity contribution in [3.05, 3.63) is 28.9 Å². The molecule has 0 spiro atoms. The number of hydrogen-bond donors (Lipinski definition) is 0. The lowest BCUT2D eigenvalue weighted by Gasteiger charge is -1.79. The van der Waals surface area contributed by atoms with Crippen LogP contribution in [0.2, 0.25) is 0 Å². The van der Waals surface area contributed by atoms with Crippen molar-refractivity contribution in [1.29, 1.82) is 0 Å². The van der Waals surface area contributed by atoms with Crippen LogP contribution in [0.25, 0.3) is 13.2 Å². The van der Waals surface area contributed by atoms with Gasteiger partial charge in [-0.3, -0.25) is 4.98 Å². The van der Waals surface area contributed by atoms with Crippen LogP contribution in [0.3, 0.4) is 0 Å². The van der Waals surface area contributed by atoms with Crippen LogP contribution in [0.1, 0.15) is 0 Å². The van der Waals surface area contributed by atoms with E-state index in [2.05, 4.69) is 18.1 Å². The second-order valence-electron chi connectivity index (χ2n) is 1.61. The van der Waals surface area contributed by atoms with Crippen molar-refractivity contribution in [2.75, 3.05) is 0 Å². The highest BCUT2D eigenvalue weighted by Gasteiger charge is 1.72. The molecule has 0 aromatic carbocycles. The van der Waals surface area contributed by atoms with E-state index in [1.807, 2.05) is 12.1 Å². The van der Waals surface area contributed by atoms with Crippen molar-refractivity contribution in [1.82, 2.24) is 4.98 Å². The molecule has 0 saturated carbocycles. The normalized spacial score (nSPS) is 9.00. The van der Waals surface area contributed by atoms with Gasteiger partial charge in [0, 0.05) is 6.20 Å². The molecule has 0 fully saturated rings. The van der Waals surface area contributed by atoms with E-state index < -0.39 is 0 Å². The monoisotopic (exact) mass is 105 g/mol. The Kier molecular flexibility index (Phi) is 1.12. The summed E-state index contributed by atoms with van der Waals surface area (Å²) in [4.78, 5) is 3.91. The molecule has 1 aromatic heterocycles. The van der Waals surface area contributed by atoms with Crippen molar-refractivity contribution < 1.29 is 0 Å². The number of aromatic nitrogens is 1. The molecular formula is C7H7N. The molecule has 0 saturated heterocycles. The molecule has 0 atom stereocenters. The van der Waals surface area contributed by atoms with Crippen LogP contribution in [0.5, 0.6) is 0 Å². The Bertz CT molecular complexity index is 235. The van der Waals surface area contributed by atoms with Crippen LogP contribution in [-0.2, 0) is 0 Å². The third-order valence-electron chi connectivity index (χ3n) is 0.985. The fourth-order valence-electron chi connectivity index (χ4n) is 0.471. The predicted molar refractivity (Wildman–Crippen MR) is 34.5 cm³/mol. The summed E-state index contributed by atoms with van der Waals surface area (Å²) < 4.78 is 0. The van der Waals surface area contributed by atoms with Gasteiger partial charge in [-0.25, -0.2) is 0 Å². The Morgan fingerprint density at radius 1 is 1.38 bits per heavy atom. The molecule has 8 heavy (non-hydrogen) atoms. The van der Waals surface area contributed by atoms with Crippen molar-refractivity contribution in [3.63, 3.8) is 0 Å². The highest BCUT2D eigenvalue weighted by molar-refractivity contribution is 5.08. The van der Waals surface area contributed by atoms with Crippen LogP contribution in [0.15, 0.2) is 18.3 Å². The lowest BCUT2D eigenvalue weighted by Crippen LogP contribution is -2.23. The quantitative estimate of drug-likeness (QED) is 0.449. The van der Waals surface area contributed by atoms with Gasteiger partial charge in [0.1, 0.15) is 0 Å². The maximum absolute atomic E-state index is 3.91. The third kappa shape index (κ3) is 0.757. The molecule has 0 radical (unpaired) electrons. The summed E-state index contributed by atoms with van der Waals surface area (Å²) in [6.45, 7) is 7.34. The molecule has 0 amide bonds. The highest BCUT2D eigenvalue weighted by Crippen LogP contribution is 1.60. The molecule has 1 nitrogen and oxygen atoms in total. The Morgan fingerprint density at radius 2 is 2.12 bits per heavy atom. The van der Waals surface area contributed by atoms with Crippen LogP contribution >= 0.6 is 0 Å². The fourth-order valence-corrected chi connectivity index (χ4v) is 0.471. The van der Waals surface area contributed by atoms with E-state index in [1.54, 1.807) is 6.20 Å². The van der Waals surface area contributed by atoms with Gasteiger partial charge in [-0.15, -0.1) is 0 Å². The fraction of sp³-hybridized carbons (Fsp3) is 0. The summed E-state index contributed by atoms with van der Waals surface area (Å²) in [5.41, 5.74) is 0. The van der Waals surface area contributed by atoms with Gasteiger partial charge in [0.05, 0.1) is 5.35 Å². The summed E-state index contributed by atoms with van der Waals surface area (Å²) in [7, 11) is 0. The maximum Gasteiger partial charge on any atom is 0.0624 e. The summed E-state index contributed by atoms with van der Waals surface area (Å²) in [5, 5.41) is 1.65. The molecular weight excluding hydrogens is 98.1 g/mol. The Hall–Kier alpha value is -1.11. The van der Waals surface area contributed by atoms with Crippen LogP contribution in [-0.4, -0.2) is 4.98 Å². The minimum atomic E-state index is 0.757. The number of hydrogen-bond acceptors (Lipinski definition) is 1. The number of nitrogens with zero attached hydrogens (tertiary/aromatic N) is 1. The summed E-state index contributed by atoms with van der Waals surface area (Å²) >= 11 is 0. The molecule has 0 aliphatic carbocycles. The van der Waals surface area contributed by atoms with Gasteiger partial charge >= 0.3 is 0 Å². The molecule has 40 valence electrons. The minimum absolute atomic E-state index is 0.757. The van der Waals surface area contributed by atoms with E-state index in [1.165, 1.54) is 0 Å². The van der Waals surface area contributed by atoms with Gasteiger partial charge in [-0.1, -0.05) is 19.2 Å². The second kappa shape index (κ2) is 1.78. The molecule has 0 N–H and O–H groups in total. The predicted octanol–water partition coefficient (Wildman–Crippen LogP) is -0.0978. The Morgan fingerprint density at radius 3 is 2.50 bits per heavy atom. The molecule has 1 heteroatoms. The maximum atomic E-state index is 3.91. The van der Waals surface area contributed by atoms with Crippen molar-refractivity contribution in [2.24, 2.45) is 0 Å². The van der Waals surface area contributed by atoms with Gasteiger partial charge in [0.2, 0.25) is 0 Å². The summed E-state index contributed by atoms with van der Waals surface area (Å²) in [6, 6.07) is 3.73. The molecule has 0 unspecified atom stereocenters. The van der Waals surface area contributed by atoms with Crippen LogP contribution in [0, 0.1) is 0 Å². The molecule has 0 aliphatic rings. The molecule has 0 aliphatic heterocycles. The first-order valence-corrected chi connectivity index (χ1v) is 2.39. The Balaban J connectivity index is 3.59. The summed E-state index contributed by atoms with van der Waals surface area (Å²) in [6.07, 6.45) is 1.71. The number of rotatable bonds is 0. The van der Waals surface area contributed by atoms with Gasteiger partial charge in [0.25, 0.3) is 0 Å². The lowest BCUT2D eigenvalue weighted by molar-refractivity contribution is 1.23. The molecule has 0 bridgehead atoms. The summed E-state index contributed by atoms with van der Waals surface area (Å²) in [5.74, 6) is 0. The minimum Gasteiger partial charge on any atom is -0.257 e. The SMILES string of the molecule is C=c1cccnc1=C. The van der Waals surface area contributed by atoms with E-state index in [0.29, 0.717) is 0 Å². The van der Waals surface area contributed by atoms with Crippen molar-refractivity contribution in [2.45, 2.75) is 0 Å². The van der Waals surface area contributed by atoms with Gasteiger partial charge in [-0.05, 0) is 11.3 Å². The average molecular weight is 105 g/mol. The van der Waals surface area contributed by atoms with E-state index in [4.69, 9.17) is 0 Å². The Labute approximate surface area is 48.0 Å².